The Bertz CT molecular complexity index is 421. The molecule has 0 amide bonds. The molecule has 0 aliphatic carbocycles. The second kappa shape index (κ2) is 2.74. The number of nitrogens with zero attached hydrogens (tertiary/aromatic N) is 2. The lowest BCUT2D eigenvalue weighted by Crippen LogP contribution is -1.81. The van der Waals surface area contributed by atoms with Crippen molar-refractivity contribution in [2.45, 2.75) is 0 Å². The molecule has 0 saturated heterocycles. The van der Waals surface area contributed by atoms with Crippen molar-refractivity contribution in [2.75, 3.05) is 0 Å². The van der Waals surface area contributed by atoms with Crippen molar-refractivity contribution in [3.8, 4) is 0 Å². The van der Waals surface area contributed by atoms with Crippen LogP contribution < -0.4 is 0 Å². The minimum absolute atomic E-state index is 0.897. The van der Waals surface area contributed by atoms with E-state index in [0.29, 0.717) is 0 Å². The molecule has 2 heteroatoms. The molecule has 0 unspecified atom stereocenters. The van der Waals surface area contributed by atoms with Crippen LogP contribution in [0.1, 0.15) is 5.69 Å². The van der Waals surface area contributed by atoms with Gasteiger partial charge in [0.15, 0.2) is 0 Å². The smallest absolute Gasteiger partial charge is 0.0630 e. The van der Waals surface area contributed by atoms with Crippen molar-refractivity contribution in [3.05, 3.63) is 43.0 Å². The monoisotopic (exact) mass is 156 g/mol. The first-order valence-electron chi connectivity index (χ1n) is 3.72. The van der Waals surface area contributed by atoms with Gasteiger partial charge in [0, 0.05) is 24.0 Å². The second-order valence-corrected chi connectivity index (χ2v) is 2.54. The van der Waals surface area contributed by atoms with E-state index in [0.717, 1.165) is 16.5 Å². The zero-order valence-electron chi connectivity index (χ0n) is 6.57. The van der Waals surface area contributed by atoms with Crippen molar-refractivity contribution >= 4 is 16.8 Å². The summed E-state index contributed by atoms with van der Waals surface area (Å²) in [6.45, 7) is 3.66. The van der Waals surface area contributed by atoms with Gasteiger partial charge in [0.05, 0.1) is 5.69 Å². The number of aromatic nitrogens is 2. The lowest BCUT2D eigenvalue weighted by molar-refractivity contribution is 1.30. The van der Waals surface area contributed by atoms with Crippen LogP contribution in [-0.2, 0) is 0 Å². The highest BCUT2D eigenvalue weighted by molar-refractivity contribution is 5.81. The SMILES string of the molecule is C=Cc1cc2ccncc2cn1. The predicted octanol–water partition coefficient (Wildman–Crippen LogP) is 2.27. The van der Waals surface area contributed by atoms with Gasteiger partial charge in [-0.05, 0) is 23.6 Å². The second-order valence-electron chi connectivity index (χ2n) is 2.54. The molecule has 2 heterocycles. The summed E-state index contributed by atoms with van der Waals surface area (Å²) in [7, 11) is 0. The maximum absolute atomic E-state index is 4.17. The molecule has 0 spiro atoms. The molecule has 0 aliphatic rings. The molecular formula is C10H8N2. The molecule has 58 valence electrons. The van der Waals surface area contributed by atoms with E-state index in [-0.39, 0.29) is 0 Å². The molecule has 0 aromatic carbocycles. The van der Waals surface area contributed by atoms with Crippen LogP contribution in [0.4, 0.5) is 0 Å². The highest BCUT2D eigenvalue weighted by Crippen LogP contribution is 2.11. The van der Waals surface area contributed by atoms with Crippen molar-refractivity contribution in [1.29, 1.82) is 0 Å². The summed E-state index contributed by atoms with van der Waals surface area (Å²) < 4.78 is 0. The van der Waals surface area contributed by atoms with Crippen LogP contribution in [0, 0.1) is 0 Å². The highest BCUT2D eigenvalue weighted by atomic mass is 14.7. The lowest BCUT2D eigenvalue weighted by Gasteiger charge is -1.96. The molecule has 2 aromatic rings. The Morgan fingerprint density at radius 1 is 1.25 bits per heavy atom. The van der Waals surface area contributed by atoms with Gasteiger partial charge in [-0.15, -0.1) is 0 Å². The van der Waals surface area contributed by atoms with E-state index in [9.17, 15) is 0 Å². The number of hydrogen-bond acceptors (Lipinski definition) is 2. The van der Waals surface area contributed by atoms with Gasteiger partial charge in [-0.3, -0.25) is 9.97 Å². The Hall–Kier alpha value is -1.70. The minimum atomic E-state index is 0.897. The third kappa shape index (κ3) is 1.07. The Labute approximate surface area is 70.6 Å². The Morgan fingerprint density at radius 2 is 2.17 bits per heavy atom. The van der Waals surface area contributed by atoms with Crippen LogP contribution in [0.15, 0.2) is 37.3 Å². The summed E-state index contributed by atoms with van der Waals surface area (Å²) in [6, 6.07) is 3.95. The van der Waals surface area contributed by atoms with E-state index in [2.05, 4.69) is 16.5 Å². The number of fused-ring (bicyclic) bond motifs is 1. The molecule has 2 nitrogen and oxygen atoms in total. The largest absolute Gasteiger partial charge is 0.264 e. The van der Waals surface area contributed by atoms with Gasteiger partial charge >= 0.3 is 0 Å². The van der Waals surface area contributed by atoms with Crippen LogP contribution in [0.2, 0.25) is 0 Å². The van der Waals surface area contributed by atoms with E-state index < -0.39 is 0 Å². The molecule has 0 aliphatic heterocycles. The molecule has 0 radical (unpaired) electrons. The number of pyridine rings is 2. The van der Waals surface area contributed by atoms with Crippen molar-refractivity contribution < 1.29 is 0 Å². The molecule has 12 heavy (non-hydrogen) atoms. The molecule has 0 saturated carbocycles. The molecule has 0 N–H and O–H groups in total. The first-order chi connectivity index (χ1) is 5.90. The zero-order valence-corrected chi connectivity index (χ0v) is 6.57. The summed E-state index contributed by atoms with van der Waals surface area (Å²) >= 11 is 0. The van der Waals surface area contributed by atoms with Gasteiger partial charge in [-0.2, -0.15) is 0 Å². The third-order valence-corrected chi connectivity index (χ3v) is 1.75. The van der Waals surface area contributed by atoms with Gasteiger partial charge in [0.1, 0.15) is 0 Å². The maximum atomic E-state index is 4.17. The van der Waals surface area contributed by atoms with E-state index in [1.165, 1.54) is 0 Å². The minimum Gasteiger partial charge on any atom is -0.264 e. The van der Waals surface area contributed by atoms with Gasteiger partial charge in [-0.1, -0.05) is 6.58 Å². The first kappa shape index (κ1) is 6.98. The topological polar surface area (TPSA) is 25.8 Å². The van der Waals surface area contributed by atoms with Gasteiger partial charge in [0.25, 0.3) is 0 Å². The van der Waals surface area contributed by atoms with Crippen molar-refractivity contribution in [3.63, 3.8) is 0 Å². The van der Waals surface area contributed by atoms with Crippen LogP contribution in [0.3, 0.4) is 0 Å². The molecule has 0 bridgehead atoms. The average Bonchev–Trinajstić information content (AvgIpc) is 2.17. The number of rotatable bonds is 1. The highest BCUT2D eigenvalue weighted by Gasteiger charge is 1.92. The quantitative estimate of drug-likeness (QED) is 0.633. The third-order valence-electron chi connectivity index (χ3n) is 1.75. The summed E-state index contributed by atoms with van der Waals surface area (Å²) in [4.78, 5) is 8.17. The molecule has 2 aromatic heterocycles. The van der Waals surface area contributed by atoms with Gasteiger partial charge < -0.3 is 0 Å². The zero-order chi connectivity index (χ0) is 8.39. The fourth-order valence-electron chi connectivity index (χ4n) is 1.11. The van der Waals surface area contributed by atoms with Gasteiger partial charge in [-0.25, -0.2) is 0 Å². The molecule has 0 fully saturated rings. The lowest BCUT2D eigenvalue weighted by atomic mass is 10.2. The van der Waals surface area contributed by atoms with E-state index in [4.69, 9.17) is 0 Å². The van der Waals surface area contributed by atoms with Gasteiger partial charge in [0.2, 0.25) is 0 Å². The average molecular weight is 156 g/mol. The predicted molar refractivity (Wildman–Crippen MR) is 49.6 cm³/mol. The summed E-state index contributed by atoms with van der Waals surface area (Å²) in [5, 5.41) is 2.21. The maximum Gasteiger partial charge on any atom is 0.0630 e. The number of hydrogen-bond donors (Lipinski definition) is 0. The van der Waals surface area contributed by atoms with E-state index in [1.807, 2.05) is 12.1 Å². The summed E-state index contributed by atoms with van der Waals surface area (Å²) in [5.41, 5.74) is 0.897. The van der Waals surface area contributed by atoms with Crippen LogP contribution >= 0.6 is 0 Å². The summed E-state index contributed by atoms with van der Waals surface area (Å²) in [5.74, 6) is 0. The van der Waals surface area contributed by atoms with Crippen LogP contribution in [0.25, 0.3) is 16.8 Å². The Morgan fingerprint density at radius 3 is 3.00 bits per heavy atom. The fourth-order valence-corrected chi connectivity index (χ4v) is 1.11. The van der Waals surface area contributed by atoms with Crippen molar-refractivity contribution in [1.82, 2.24) is 9.97 Å². The molecule has 0 atom stereocenters. The van der Waals surface area contributed by atoms with Crippen LogP contribution in [-0.4, -0.2) is 9.97 Å². The normalized spacial score (nSPS) is 10.0. The van der Waals surface area contributed by atoms with Crippen molar-refractivity contribution in [2.24, 2.45) is 0 Å². The fraction of sp³-hybridized carbons (Fsp3) is 0. The molecular weight excluding hydrogens is 148 g/mol. The summed E-state index contributed by atoms with van der Waals surface area (Å²) in [6.07, 6.45) is 7.11. The van der Waals surface area contributed by atoms with E-state index >= 15 is 0 Å². The molecule has 2 rings (SSSR count). The standard InChI is InChI=1S/C10H8N2/c1-2-10-5-8-3-4-11-6-9(8)7-12-10/h2-7H,1H2. The van der Waals surface area contributed by atoms with E-state index in [1.54, 1.807) is 24.7 Å². The Balaban J connectivity index is 2.75. The Kier molecular flexibility index (Phi) is 1.59. The van der Waals surface area contributed by atoms with Crippen LogP contribution in [0.5, 0.6) is 0 Å². The first-order valence-corrected chi connectivity index (χ1v) is 3.72.